The van der Waals surface area contributed by atoms with Gasteiger partial charge in [0.2, 0.25) is 0 Å². The fourth-order valence-electron chi connectivity index (χ4n) is 7.01. The van der Waals surface area contributed by atoms with Crippen LogP contribution >= 0.6 is 0 Å². The number of esters is 2. The van der Waals surface area contributed by atoms with Gasteiger partial charge in [0, 0.05) is 64.0 Å². The molecule has 3 heterocycles. The first-order valence-electron chi connectivity index (χ1n) is 18.9. The van der Waals surface area contributed by atoms with Crippen LogP contribution in [0.2, 0.25) is 0 Å². The van der Waals surface area contributed by atoms with Crippen molar-refractivity contribution in [3.05, 3.63) is 36.0 Å². The van der Waals surface area contributed by atoms with E-state index in [1.165, 1.54) is 0 Å². The minimum atomic E-state index is -1.46. The van der Waals surface area contributed by atoms with Gasteiger partial charge in [0.1, 0.15) is 30.0 Å². The molecule has 3 aliphatic rings. The first-order chi connectivity index (χ1) is 24.6. The maximum Gasteiger partial charge on any atom is 0.410 e. The second-order valence-corrected chi connectivity index (χ2v) is 14.8. The van der Waals surface area contributed by atoms with Gasteiger partial charge in [-0.15, -0.1) is 0 Å². The Hall–Kier alpha value is -2.81. The number of hydrogen-bond donors (Lipinski definition) is 3. The maximum absolute atomic E-state index is 13.4. The Balaban J connectivity index is 1.82. The standard InChI is InChI=1S/C39H64N2O11/c1-9-30(48-8)28(6)36-37(51-36)35(52-38(46)41-20-18-40(19-21-41)22-23-42)26(4)13-11-12-25(3)34-27(5)14-15-31(49-32(44)10-2)39(7,47)17-16-29(43)24-33(45)50-34/h11-15,26-31,34-37,42-43,47H,9-10,16-24H2,1-8H3/b13-11+,15-14+,25-12+. The van der Waals surface area contributed by atoms with Crippen LogP contribution in [0.25, 0.3) is 0 Å². The molecule has 296 valence electrons. The molecule has 0 aliphatic carbocycles. The lowest BCUT2D eigenvalue weighted by Gasteiger charge is -2.35. The van der Waals surface area contributed by atoms with E-state index < -0.39 is 48.0 Å². The molecule has 0 aromatic rings. The van der Waals surface area contributed by atoms with Gasteiger partial charge < -0.3 is 43.9 Å². The Morgan fingerprint density at radius 1 is 1.13 bits per heavy atom. The van der Waals surface area contributed by atoms with E-state index in [0.29, 0.717) is 32.7 Å². The van der Waals surface area contributed by atoms with E-state index in [2.05, 4.69) is 18.7 Å². The highest BCUT2D eigenvalue weighted by Crippen LogP contribution is 2.39. The van der Waals surface area contributed by atoms with Gasteiger partial charge in [-0.25, -0.2) is 4.79 Å². The molecular formula is C39H64N2O11. The molecule has 11 atom stereocenters. The number of β-amino-alcohol motifs (C(OH)–C–C–N with tert-alkyl or cyclic N) is 1. The number of hydrogen-bond acceptors (Lipinski definition) is 12. The number of amides is 1. The van der Waals surface area contributed by atoms with Crippen LogP contribution in [-0.4, -0.2) is 138 Å². The third kappa shape index (κ3) is 12.7. The van der Waals surface area contributed by atoms with E-state index in [9.17, 15) is 29.7 Å². The Morgan fingerprint density at radius 2 is 1.83 bits per heavy atom. The van der Waals surface area contributed by atoms with Gasteiger partial charge in [0.15, 0.2) is 0 Å². The third-order valence-corrected chi connectivity index (χ3v) is 10.6. The van der Waals surface area contributed by atoms with Gasteiger partial charge in [-0.1, -0.05) is 58.9 Å². The molecule has 11 unspecified atom stereocenters. The summed E-state index contributed by atoms with van der Waals surface area (Å²) in [7, 11) is 1.69. The number of aliphatic hydroxyl groups is 3. The predicted octanol–water partition coefficient (Wildman–Crippen LogP) is 3.79. The highest BCUT2D eigenvalue weighted by molar-refractivity contribution is 5.71. The first kappa shape index (κ1) is 43.6. The largest absolute Gasteiger partial charge is 0.457 e. The summed E-state index contributed by atoms with van der Waals surface area (Å²) in [6.45, 7) is 16.0. The second kappa shape index (κ2) is 20.6. The number of carbonyl (C=O) groups is 3. The van der Waals surface area contributed by atoms with Crippen molar-refractivity contribution in [2.45, 2.75) is 129 Å². The van der Waals surface area contributed by atoms with E-state index in [-0.39, 0.29) is 68.4 Å². The van der Waals surface area contributed by atoms with E-state index in [1.54, 1.807) is 38.0 Å². The number of ether oxygens (including phenoxy) is 5. The Morgan fingerprint density at radius 3 is 2.44 bits per heavy atom. The van der Waals surface area contributed by atoms with Crippen molar-refractivity contribution in [2.24, 2.45) is 17.8 Å². The zero-order valence-electron chi connectivity index (χ0n) is 32.4. The van der Waals surface area contributed by atoms with Gasteiger partial charge in [0.05, 0.1) is 31.3 Å². The lowest BCUT2D eigenvalue weighted by Crippen LogP contribution is -2.50. The minimum absolute atomic E-state index is 0.00768. The van der Waals surface area contributed by atoms with Crippen molar-refractivity contribution < 1.29 is 53.4 Å². The fourth-order valence-corrected chi connectivity index (χ4v) is 7.01. The fraction of sp³-hybridized carbons (Fsp3) is 0.769. The molecule has 0 spiro atoms. The molecular weight excluding hydrogens is 672 g/mol. The second-order valence-electron chi connectivity index (χ2n) is 14.8. The number of nitrogens with zero attached hydrogens (tertiary/aromatic N) is 2. The van der Waals surface area contributed by atoms with Crippen LogP contribution in [0, 0.1) is 17.8 Å². The summed E-state index contributed by atoms with van der Waals surface area (Å²) in [5, 5.41) is 31.0. The average molecular weight is 737 g/mol. The summed E-state index contributed by atoms with van der Waals surface area (Å²) in [6.07, 6.45) is 5.92. The predicted molar refractivity (Wildman–Crippen MR) is 195 cm³/mol. The first-order valence-corrected chi connectivity index (χ1v) is 18.9. The molecule has 13 nitrogen and oxygen atoms in total. The van der Waals surface area contributed by atoms with Crippen molar-refractivity contribution in [1.82, 2.24) is 9.80 Å². The van der Waals surface area contributed by atoms with Gasteiger partial charge in [0.25, 0.3) is 0 Å². The number of carbonyl (C=O) groups excluding carboxylic acids is 3. The molecule has 0 bridgehead atoms. The molecule has 13 heteroatoms. The molecule has 3 N–H and O–H groups in total. The van der Waals surface area contributed by atoms with Gasteiger partial charge in [-0.2, -0.15) is 0 Å². The lowest BCUT2D eigenvalue weighted by atomic mass is 9.88. The minimum Gasteiger partial charge on any atom is -0.457 e. The molecule has 2 saturated heterocycles. The van der Waals surface area contributed by atoms with Crippen LogP contribution in [0.1, 0.15) is 80.6 Å². The Kier molecular flexibility index (Phi) is 17.3. The quantitative estimate of drug-likeness (QED) is 0.0778. The summed E-state index contributed by atoms with van der Waals surface area (Å²) in [5.41, 5.74) is -0.731. The molecule has 3 rings (SSSR count). The molecule has 1 amide bonds. The molecule has 3 aliphatic heterocycles. The van der Waals surface area contributed by atoms with Crippen molar-refractivity contribution in [3.63, 3.8) is 0 Å². The van der Waals surface area contributed by atoms with Gasteiger partial charge in [-0.05, 0) is 44.8 Å². The van der Waals surface area contributed by atoms with E-state index >= 15 is 0 Å². The van der Waals surface area contributed by atoms with Crippen LogP contribution in [0.4, 0.5) is 4.79 Å². The third-order valence-electron chi connectivity index (χ3n) is 10.6. The van der Waals surface area contributed by atoms with E-state index in [4.69, 9.17) is 23.7 Å². The molecule has 2 fully saturated rings. The summed E-state index contributed by atoms with van der Waals surface area (Å²) in [5.74, 6) is -1.54. The van der Waals surface area contributed by atoms with Crippen molar-refractivity contribution in [1.29, 1.82) is 0 Å². The number of rotatable bonds is 14. The van der Waals surface area contributed by atoms with Crippen molar-refractivity contribution in [3.8, 4) is 0 Å². The number of aliphatic hydroxyl groups excluding tert-OH is 2. The molecule has 0 radical (unpaired) electrons. The topological polar surface area (TPSA) is 168 Å². The summed E-state index contributed by atoms with van der Waals surface area (Å²) < 4.78 is 29.5. The maximum atomic E-state index is 13.4. The van der Waals surface area contributed by atoms with Crippen LogP contribution in [-0.2, 0) is 33.3 Å². The smallest absolute Gasteiger partial charge is 0.410 e. The lowest BCUT2D eigenvalue weighted by molar-refractivity contribution is -0.159. The zero-order chi connectivity index (χ0) is 38.6. The summed E-state index contributed by atoms with van der Waals surface area (Å²) in [6, 6.07) is 0. The normalized spacial score (nSPS) is 32.5. The van der Waals surface area contributed by atoms with Gasteiger partial charge in [-0.3, -0.25) is 14.5 Å². The van der Waals surface area contributed by atoms with Crippen LogP contribution in [0.5, 0.6) is 0 Å². The van der Waals surface area contributed by atoms with Crippen LogP contribution in [0.15, 0.2) is 36.0 Å². The van der Waals surface area contributed by atoms with E-state index in [1.807, 2.05) is 39.0 Å². The van der Waals surface area contributed by atoms with Crippen LogP contribution in [0.3, 0.4) is 0 Å². The molecule has 52 heavy (non-hydrogen) atoms. The van der Waals surface area contributed by atoms with Crippen molar-refractivity contribution >= 4 is 18.0 Å². The SMILES string of the molecule is CCC(=O)OC1/C=C/C(C)C(/C(C)=C/C=C/C(C)C(OC(=O)N2CCN(CCO)CC2)C2OC2C(C)C(CC)OC)OC(=O)CC(O)CCC1(C)O. The van der Waals surface area contributed by atoms with Crippen molar-refractivity contribution in [2.75, 3.05) is 46.4 Å². The average Bonchev–Trinajstić information content (AvgIpc) is 3.91. The number of methoxy groups -OCH3 is 1. The summed E-state index contributed by atoms with van der Waals surface area (Å²) in [4.78, 5) is 42.3. The molecule has 0 saturated carbocycles. The van der Waals surface area contributed by atoms with E-state index in [0.717, 1.165) is 12.0 Å². The Bertz CT molecular complexity index is 1240. The number of piperazine rings is 1. The highest BCUT2D eigenvalue weighted by atomic mass is 16.6. The van der Waals surface area contributed by atoms with Crippen LogP contribution < -0.4 is 0 Å². The van der Waals surface area contributed by atoms with Gasteiger partial charge >= 0.3 is 18.0 Å². The highest BCUT2D eigenvalue weighted by Gasteiger charge is 2.53. The zero-order valence-corrected chi connectivity index (χ0v) is 32.4. The molecule has 0 aromatic heterocycles. The number of allylic oxidation sites excluding steroid dienone is 2. The summed E-state index contributed by atoms with van der Waals surface area (Å²) >= 11 is 0. The number of cyclic esters (lactones) is 1. The molecule has 0 aromatic carbocycles. The monoisotopic (exact) mass is 736 g/mol. The number of epoxide rings is 1. The Labute approximate surface area is 309 Å².